The fourth-order valence-electron chi connectivity index (χ4n) is 6.00. The molecule has 0 spiro atoms. The van der Waals surface area contributed by atoms with Crippen LogP contribution in [0.3, 0.4) is 0 Å². The minimum atomic E-state index is 0.255. The lowest BCUT2D eigenvalue weighted by Crippen LogP contribution is -2.49. The van der Waals surface area contributed by atoms with Crippen LogP contribution in [-0.4, -0.2) is 40.6 Å². The maximum Gasteiger partial charge on any atom is 0.101 e. The van der Waals surface area contributed by atoms with E-state index < -0.39 is 0 Å². The highest BCUT2D eigenvalue weighted by atomic mass is 32.2. The van der Waals surface area contributed by atoms with Crippen LogP contribution in [0.1, 0.15) is 108 Å². The highest BCUT2D eigenvalue weighted by Crippen LogP contribution is 2.52. The summed E-state index contributed by atoms with van der Waals surface area (Å²) in [6, 6.07) is 5.03. The van der Waals surface area contributed by atoms with Crippen molar-refractivity contribution >= 4 is 24.4 Å². The summed E-state index contributed by atoms with van der Waals surface area (Å²) < 4.78 is 0. The fourth-order valence-corrected chi connectivity index (χ4v) is 7.97. The topological polar surface area (TPSA) is 6.48 Å². The van der Waals surface area contributed by atoms with Gasteiger partial charge in [-0.05, 0) is 87.7 Å². The molecule has 0 saturated carbocycles. The van der Waals surface area contributed by atoms with Gasteiger partial charge in [-0.3, -0.25) is 0 Å². The summed E-state index contributed by atoms with van der Waals surface area (Å²) in [4.78, 5) is 6.21. The molecule has 3 unspecified atom stereocenters. The predicted octanol–water partition coefficient (Wildman–Crippen LogP) is 10.9. The van der Waals surface area contributed by atoms with Crippen LogP contribution in [0.2, 0.25) is 0 Å². The van der Waals surface area contributed by atoms with Gasteiger partial charge in [0.25, 0.3) is 0 Å². The van der Waals surface area contributed by atoms with Crippen molar-refractivity contribution in [2.75, 3.05) is 20.1 Å². The SMILES string of the molecule is C=C.C=CC1=C(CN(C)CCc2cc(CCCCC)cc(C)c2C2C=C(C)CCC2)SC2C(S)C(=C)N12.CC.CC. The van der Waals surface area contributed by atoms with E-state index in [0.717, 1.165) is 25.2 Å². The van der Waals surface area contributed by atoms with Gasteiger partial charge in [0.1, 0.15) is 5.37 Å². The number of nitrogens with zero attached hydrogens (tertiary/aromatic N) is 2. The zero-order chi connectivity index (χ0) is 31.1. The quantitative estimate of drug-likeness (QED) is 0.154. The Hall–Kier alpha value is -1.62. The van der Waals surface area contributed by atoms with E-state index in [4.69, 9.17) is 12.6 Å². The standard InChI is InChI=1S/C31H44N2S2.2C2H6.C2H4/c1-7-9-10-13-24-18-22(4)29(25-14-11-12-21(3)17-25)26(19-24)15-16-32(6)20-28-27(8-2)33-23(5)30(34)31(33)35-28;3*1-2/h8,17-19,25,30-31,34H,2,5,7,9-16,20H2,1,3-4,6H3;2*1-2H3;1-2H2. The molecule has 230 valence electrons. The molecule has 1 aromatic carbocycles. The van der Waals surface area contributed by atoms with Gasteiger partial charge < -0.3 is 9.80 Å². The zero-order valence-corrected chi connectivity index (χ0v) is 29.4. The molecule has 4 heteroatoms. The van der Waals surface area contributed by atoms with Crippen LogP contribution in [0.25, 0.3) is 0 Å². The minimum absolute atomic E-state index is 0.255. The number of thiol groups is 1. The molecular formula is C37H60N2S2. The third kappa shape index (κ3) is 9.70. The number of rotatable bonds is 11. The number of hydrogen-bond donors (Lipinski definition) is 1. The number of likely N-dealkylation sites (N-methyl/N-ethyl adjacent to an activating group) is 1. The lowest BCUT2D eigenvalue weighted by molar-refractivity contribution is 0.317. The van der Waals surface area contributed by atoms with Crippen LogP contribution < -0.4 is 0 Å². The molecule has 1 aliphatic carbocycles. The lowest BCUT2D eigenvalue weighted by Gasteiger charge is -2.45. The predicted molar refractivity (Wildman–Crippen MR) is 192 cm³/mol. The van der Waals surface area contributed by atoms with E-state index in [0.29, 0.717) is 11.3 Å². The minimum Gasteiger partial charge on any atom is -0.329 e. The van der Waals surface area contributed by atoms with Crippen LogP contribution in [-0.2, 0) is 12.8 Å². The van der Waals surface area contributed by atoms with E-state index in [1.807, 2.05) is 45.5 Å². The van der Waals surface area contributed by atoms with Crippen molar-refractivity contribution in [2.24, 2.45) is 0 Å². The molecule has 3 aliphatic rings. The van der Waals surface area contributed by atoms with E-state index in [1.54, 1.807) is 16.7 Å². The Kier molecular flexibility index (Phi) is 17.8. The number of fused-ring (bicyclic) bond motifs is 1. The van der Waals surface area contributed by atoms with Gasteiger partial charge in [-0.1, -0.05) is 84.4 Å². The number of allylic oxidation sites excluding steroid dienone is 3. The molecule has 0 radical (unpaired) electrons. The van der Waals surface area contributed by atoms with Crippen molar-refractivity contribution in [3.05, 3.63) is 94.7 Å². The van der Waals surface area contributed by atoms with Crippen LogP contribution in [0.15, 0.2) is 72.5 Å². The molecule has 0 amide bonds. The molecular weight excluding hydrogens is 537 g/mol. The molecule has 0 bridgehead atoms. The van der Waals surface area contributed by atoms with Gasteiger partial charge in [0.05, 0.1) is 10.9 Å². The average Bonchev–Trinajstić information content (AvgIpc) is 3.33. The van der Waals surface area contributed by atoms with E-state index in [2.05, 4.69) is 82.1 Å². The summed E-state index contributed by atoms with van der Waals surface area (Å²) in [6.07, 6.45) is 14.6. The van der Waals surface area contributed by atoms with Crippen molar-refractivity contribution in [3.8, 4) is 0 Å². The third-order valence-corrected chi connectivity index (χ3v) is 10.0. The van der Waals surface area contributed by atoms with Crippen molar-refractivity contribution in [1.82, 2.24) is 9.80 Å². The Balaban J connectivity index is 0.00000131. The van der Waals surface area contributed by atoms with Crippen LogP contribution in [0.4, 0.5) is 0 Å². The number of hydrogen-bond acceptors (Lipinski definition) is 4. The molecule has 1 aromatic rings. The summed E-state index contributed by atoms with van der Waals surface area (Å²) >= 11 is 6.67. The van der Waals surface area contributed by atoms with Crippen LogP contribution in [0.5, 0.6) is 0 Å². The molecule has 1 saturated heterocycles. The van der Waals surface area contributed by atoms with Gasteiger partial charge >= 0.3 is 0 Å². The summed E-state index contributed by atoms with van der Waals surface area (Å²) in [6.45, 7) is 31.3. The first-order chi connectivity index (χ1) is 19.8. The van der Waals surface area contributed by atoms with Gasteiger partial charge in [0, 0.05) is 29.6 Å². The Morgan fingerprint density at radius 2 is 1.78 bits per heavy atom. The van der Waals surface area contributed by atoms with E-state index in [-0.39, 0.29) is 5.25 Å². The smallest absolute Gasteiger partial charge is 0.101 e. The molecule has 2 heterocycles. The Morgan fingerprint density at radius 3 is 2.39 bits per heavy atom. The highest BCUT2D eigenvalue weighted by molar-refractivity contribution is 8.04. The first-order valence-electron chi connectivity index (χ1n) is 16.0. The second-order valence-corrected chi connectivity index (χ2v) is 12.5. The fraction of sp³-hybridized carbons (Fsp3) is 0.568. The second-order valence-electron chi connectivity index (χ2n) is 10.8. The van der Waals surface area contributed by atoms with Gasteiger partial charge in [-0.15, -0.1) is 24.9 Å². The normalized spacial score (nSPS) is 20.9. The van der Waals surface area contributed by atoms with Gasteiger partial charge in [0.15, 0.2) is 0 Å². The molecule has 4 rings (SSSR count). The Morgan fingerprint density at radius 1 is 1.10 bits per heavy atom. The summed E-state index contributed by atoms with van der Waals surface area (Å²) in [5.41, 5.74) is 10.1. The average molecular weight is 597 g/mol. The maximum absolute atomic E-state index is 4.73. The summed E-state index contributed by atoms with van der Waals surface area (Å²) in [5, 5.41) is 0.642. The molecule has 0 aromatic heterocycles. The summed E-state index contributed by atoms with van der Waals surface area (Å²) in [5.74, 6) is 0.580. The summed E-state index contributed by atoms with van der Waals surface area (Å²) in [7, 11) is 2.26. The first kappa shape index (κ1) is 37.4. The van der Waals surface area contributed by atoms with Gasteiger partial charge in [0.2, 0.25) is 0 Å². The van der Waals surface area contributed by atoms with Gasteiger partial charge in [-0.2, -0.15) is 12.6 Å². The zero-order valence-electron chi connectivity index (χ0n) is 27.7. The van der Waals surface area contributed by atoms with Crippen LogP contribution in [0, 0.1) is 6.92 Å². The molecule has 0 N–H and O–H groups in total. The number of benzene rings is 1. The Bertz CT molecular complexity index is 1040. The molecule has 1 fully saturated rings. The highest BCUT2D eigenvalue weighted by Gasteiger charge is 2.47. The molecule has 2 aliphatic heterocycles. The van der Waals surface area contributed by atoms with E-state index >= 15 is 0 Å². The monoisotopic (exact) mass is 596 g/mol. The maximum atomic E-state index is 4.73. The number of thioether (sulfide) groups is 1. The van der Waals surface area contributed by atoms with Crippen LogP contribution >= 0.6 is 24.4 Å². The van der Waals surface area contributed by atoms with E-state index in [1.165, 1.54) is 66.7 Å². The molecule has 2 nitrogen and oxygen atoms in total. The largest absolute Gasteiger partial charge is 0.329 e. The van der Waals surface area contributed by atoms with Crippen molar-refractivity contribution in [3.63, 3.8) is 0 Å². The van der Waals surface area contributed by atoms with Gasteiger partial charge in [-0.25, -0.2) is 0 Å². The van der Waals surface area contributed by atoms with E-state index in [9.17, 15) is 0 Å². The lowest BCUT2D eigenvalue weighted by atomic mass is 9.80. The Labute approximate surface area is 264 Å². The molecule has 41 heavy (non-hydrogen) atoms. The molecule has 3 atom stereocenters. The number of unbranched alkanes of at least 4 members (excludes halogenated alkanes) is 2. The second kappa shape index (κ2) is 19.5. The number of aryl methyl sites for hydroxylation is 2. The van der Waals surface area contributed by atoms with Crippen molar-refractivity contribution in [1.29, 1.82) is 0 Å². The first-order valence-corrected chi connectivity index (χ1v) is 17.4. The van der Waals surface area contributed by atoms with Crippen molar-refractivity contribution in [2.45, 2.75) is 116 Å². The third-order valence-electron chi connectivity index (χ3n) is 7.90. The van der Waals surface area contributed by atoms with Crippen molar-refractivity contribution < 1.29 is 0 Å².